The largest absolute Gasteiger partial charge is 0.464 e. The monoisotopic (exact) mass is 329 g/mol. The van der Waals surface area contributed by atoms with E-state index in [0.29, 0.717) is 12.8 Å². The molecule has 0 aliphatic heterocycles. The van der Waals surface area contributed by atoms with Crippen molar-refractivity contribution >= 4 is 18.0 Å². The highest BCUT2D eigenvalue weighted by molar-refractivity contribution is 6.07. The number of nitrogens with one attached hydrogen (secondary N) is 1. The van der Waals surface area contributed by atoms with E-state index in [2.05, 4.69) is 11.9 Å². The third-order valence-corrected chi connectivity index (χ3v) is 3.02. The third-order valence-electron chi connectivity index (χ3n) is 3.02. The molecule has 1 amide bonds. The molecule has 0 rings (SSSR count). The first-order valence-corrected chi connectivity index (χ1v) is 7.88. The van der Waals surface area contributed by atoms with Crippen LogP contribution in [0.5, 0.6) is 0 Å². The number of allylic oxidation sites excluding steroid dienone is 1. The molecule has 23 heavy (non-hydrogen) atoms. The van der Waals surface area contributed by atoms with Gasteiger partial charge in [0.25, 0.3) is 0 Å². The molecule has 0 aliphatic rings. The standard InChI is InChI=1S/C16H27NO6/c1-5-9-11-16(13(18)21-7-3,14(19)22-8-4)17-15(20)23-12-10-6-2/h5H,1,6-12H2,2-4H3,(H,17,20). The molecule has 132 valence electrons. The second kappa shape index (κ2) is 11.5. The van der Waals surface area contributed by atoms with Crippen LogP contribution in [0.25, 0.3) is 0 Å². The molecule has 0 saturated heterocycles. The number of carbonyl (C=O) groups excluding carboxylic acids is 3. The summed E-state index contributed by atoms with van der Waals surface area (Å²) in [5, 5.41) is 2.34. The molecular formula is C16H27NO6. The van der Waals surface area contributed by atoms with Crippen molar-refractivity contribution in [2.75, 3.05) is 19.8 Å². The summed E-state index contributed by atoms with van der Waals surface area (Å²) in [6.45, 7) is 9.08. The average molecular weight is 329 g/mol. The quantitative estimate of drug-likeness (QED) is 0.206. The minimum atomic E-state index is -1.93. The van der Waals surface area contributed by atoms with Gasteiger partial charge in [0.2, 0.25) is 5.54 Å². The first kappa shape index (κ1) is 20.9. The Morgan fingerprint density at radius 3 is 2.04 bits per heavy atom. The second-order valence-electron chi connectivity index (χ2n) is 4.79. The summed E-state index contributed by atoms with van der Waals surface area (Å²) < 4.78 is 14.9. The molecule has 0 radical (unpaired) electrons. The Morgan fingerprint density at radius 2 is 1.61 bits per heavy atom. The van der Waals surface area contributed by atoms with E-state index in [9.17, 15) is 14.4 Å². The predicted octanol–water partition coefficient (Wildman–Crippen LogP) is 2.34. The maximum absolute atomic E-state index is 12.3. The minimum Gasteiger partial charge on any atom is -0.464 e. The van der Waals surface area contributed by atoms with E-state index < -0.39 is 23.6 Å². The van der Waals surface area contributed by atoms with Gasteiger partial charge >= 0.3 is 18.0 Å². The zero-order valence-corrected chi connectivity index (χ0v) is 14.2. The van der Waals surface area contributed by atoms with Crippen molar-refractivity contribution in [3.05, 3.63) is 12.7 Å². The van der Waals surface area contributed by atoms with Crippen LogP contribution in [0.1, 0.15) is 46.5 Å². The summed E-state index contributed by atoms with van der Waals surface area (Å²) in [6, 6.07) is 0. The van der Waals surface area contributed by atoms with Crippen molar-refractivity contribution in [1.82, 2.24) is 5.32 Å². The van der Waals surface area contributed by atoms with E-state index in [4.69, 9.17) is 14.2 Å². The molecule has 7 heteroatoms. The van der Waals surface area contributed by atoms with Gasteiger partial charge in [-0.2, -0.15) is 0 Å². The maximum Gasteiger partial charge on any atom is 0.408 e. The summed E-state index contributed by atoms with van der Waals surface area (Å²) >= 11 is 0. The van der Waals surface area contributed by atoms with Crippen molar-refractivity contribution < 1.29 is 28.6 Å². The normalized spacial score (nSPS) is 10.6. The molecular weight excluding hydrogens is 302 g/mol. The van der Waals surface area contributed by atoms with E-state index in [1.807, 2.05) is 6.92 Å². The molecule has 0 aliphatic carbocycles. The van der Waals surface area contributed by atoms with Crippen molar-refractivity contribution in [3.63, 3.8) is 0 Å². The van der Waals surface area contributed by atoms with Gasteiger partial charge in [0.05, 0.1) is 19.8 Å². The van der Waals surface area contributed by atoms with E-state index in [1.54, 1.807) is 13.8 Å². The summed E-state index contributed by atoms with van der Waals surface area (Å²) in [4.78, 5) is 36.6. The summed E-state index contributed by atoms with van der Waals surface area (Å²) in [5.41, 5.74) is -1.93. The predicted molar refractivity (Wildman–Crippen MR) is 84.8 cm³/mol. The smallest absolute Gasteiger partial charge is 0.408 e. The maximum atomic E-state index is 12.3. The first-order valence-electron chi connectivity index (χ1n) is 7.88. The number of alkyl carbamates (subject to hydrolysis) is 1. The van der Waals surface area contributed by atoms with E-state index in [0.717, 1.165) is 6.42 Å². The fourth-order valence-electron chi connectivity index (χ4n) is 1.80. The van der Waals surface area contributed by atoms with Crippen molar-refractivity contribution in [2.24, 2.45) is 0 Å². The number of hydrogen-bond acceptors (Lipinski definition) is 6. The molecule has 0 spiro atoms. The van der Waals surface area contributed by atoms with Gasteiger partial charge in [-0.25, -0.2) is 14.4 Å². The van der Waals surface area contributed by atoms with Crippen LogP contribution in [0.2, 0.25) is 0 Å². The molecule has 0 aromatic heterocycles. The molecule has 0 heterocycles. The Bertz CT molecular complexity index is 389. The van der Waals surface area contributed by atoms with Crippen LogP contribution < -0.4 is 5.32 Å². The summed E-state index contributed by atoms with van der Waals surface area (Å²) in [7, 11) is 0. The first-order chi connectivity index (χ1) is 11.0. The van der Waals surface area contributed by atoms with E-state index >= 15 is 0 Å². The van der Waals surface area contributed by atoms with Gasteiger partial charge in [-0.05, 0) is 33.1 Å². The fourth-order valence-corrected chi connectivity index (χ4v) is 1.80. The van der Waals surface area contributed by atoms with E-state index in [-0.39, 0.29) is 26.2 Å². The van der Waals surface area contributed by atoms with Gasteiger partial charge in [0.15, 0.2) is 0 Å². The van der Waals surface area contributed by atoms with Gasteiger partial charge in [-0.3, -0.25) is 5.32 Å². The molecule has 0 fully saturated rings. The second-order valence-corrected chi connectivity index (χ2v) is 4.79. The van der Waals surface area contributed by atoms with Gasteiger partial charge in [0.1, 0.15) is 0 Å². The number of hydrogen-bond donors (Lipinski definition) is 1. The third kappa shape index (κ3) is 6.71. The number of carbonyl (C=O) groups is 3. The van der Waals surface area contributed by atoms with Crippen LogP contribution in [-0.4, -0.2) is 43.4 Å². The number of amides is 1. The van der Waals surface area contributed by atoms with Crippen molar-refractivity contribution in [1.29, 1.82) is 0 Å². The Morgan fingerprint density at radius 1 is 1.04 bits per heavy atom. The lowest BCUT2D eigenvalue weighted by atomic mass is 9.93. The molecule has 0 saturated carbocycles. The van der Waals surface area contributed by atoms with Crippen LogP contribution in [0.3, 0.4) is 0 Å². The summed E-state index contributed by atoms with van der Waals surface area (Å²) in [5.74, 6) is -1.74. The van der Waals surface area contributed by atoms with Crippen LogP contribution in [0.15, 0.2) is 12.7 Å². The highest BCUT2D eigenvalue weighted by Crippen LogP contribution is 2.19. The van der Waals surface area contributed by atoms with Gasteiger partial charge in [-0.15, -0.1) is 6.58 Å². The molecule has 0 aromatic rings. The lowest BCUT2D eigenvalue weighted by molar-refractivity contribution is -0.166. The fraction of sp³-hybridized carbons (Fsp3) is 0.688. The Balaban J connectivity index is 5.33. The van der Waals surface area contributed by atoms with E-state index in [1.165, 1.54) is 6.08 Å². The lowest BCUT2D eigenvalue weighted by Crippen LogP contribution is -2.61. The highest BCUT2D eigenvalue weighted by Gasteiger charge is 2.50. The van der Waals surface area contributed by atoms with Crippen LogP contribution >= 0.6 is 0 Å². The topological polar surface area (TPSA) is 90.9 Å². The summed E-state index contributed by atoms with van der Waals surface area (Å²) in [6.07, 6.45) is 2.51. The minimum absolute atomic E-state index is 0.0168. The van der Waals surface area contributed by atoms with Gasteiger partial charge in [0, 0.05) is 0 Å². The number of esters is 2. The molecule has 0 aromatic carbocycles. The van der Waals surface area contributed by atoms with Crippen molar-refractivity contribution in [2.45, 2.75) is 52.0 Å². The van der Waals surface area contributed by atoms with Crippen LogP contribution in [0, 0.1) is 0 Å². The number of rotatable bonds is 11. The molecule has 1 N–H and O–H groups in total. The molecule has 7 nitrogen and oxygen atoms in total. The average Bonchev–Trinajstić information content (AvgIpc) is 2.52. The zero-order chi connectivity index (χ0) is 17.7. The number of unbranched alkanes of at least 4 members (excludes halogenated alkanes) is 1. The zero-order valence-electron chi connectivity index (χ0n) is 14.2. The molecule has 0 bridgehead atoms. The van der Waals surface area contributed by atoms with Crippen LogP contribution in [-0.2, 0) is 23.8 Å². The lowest BCUT2D eigenvalue weighted by Gasteiger charge is -2.29. The van der Waals surface area contributed by atoms with Gasteiger partial charge < -0.3 is 14.2 Å². The number of ether oxygens (including phenoxy) is 3. The Labute approximate surface area is 137 Å². The van der Waals surface area contributed by atoms with Crippen molar-refractivity contribution in [3.8, 4) is 0 Å². The molecule has 0 atom stereocenters. The highest BCUT2D eigenvalue weighted by atomic mass is 16.6. The SMILES string of the molecule is C=CCCC(NC(=O)OCCCC)(C(=O)OCC)C(=O)OCC. The van der Waals surface area contributed by atoms with Gasteiger partial charge in [-0.1, -0.05) is 19.4 Å². The Hall–Kier alpha value is -2.05. The Kier molecular flexibility index (Phi) is 10.5. The molecule has 0 unspecified atom stereocenters. The van der Waals surface area contributed by atoms with Crippen LogP contribution in [0.4, 0.5) is 4.79 Å².